The Labute approximate surface area is 296 Å². The van der Waals surface area contributed by atoms with E-state index in [-0.39, 0.29) is 30.0 Å². The molecule has 12 nitrogen and oxygen atoms in total. The Morgan fingerprint density at radius 3 is 2.08 bits per heavy atom. The van der Waals surface area contributed by atoms with Gasteiger partial charge < -0.3 is 25.0 Å². The van der Waals surface area contributed by atoms with Gasteiger partial charge in [-0.05, 0) is 83.1 Å². The minimum atomic E-state index is -1.72. The number of fused-ring (bicyclic) bond motifs is 1. The topological polar surface area (TPSA) is 138 Å². The van der Waals surface area contributed by atoms with Crippen LogP contribution in [0.1, 0.15) is 34.6 Å². The summed E-state index contributed by atoms with van der Waals surface area (Å²) in [4.78, 5) is 72.7. The Balaban J connectivity index is 1.44. The second-order valence-electron chi connectivity index (χ2n) is 13.0. The lowest BCUT2D eigenvalue weighted by Crippen LogP contribution is -2.57. The van der Waals surface area contributed by atoms with Crippen molar-refractivity contribution < 1.29 is 33.4 Å². The lowest BCUT2D eigenvalue weighted by atomic mass is 10.2. The number of benzene rings is 4. The first-order valence-electron chi connectivity index (χ1n) is 16.5. The van der Waals surface area contributed by atoms with Gasteiger partial charge in [0.1, 0.15) is 17.9 Å². The van der Waals surface area contributed by atoms with Gasteiger partial charge in [-0.2, -0.15) is 0 Å². The maximum Gasteiger partial charge on any atom is 0.344 e. The number of esters is 1. The third-order valence-electron chi connectivity index (χ3n) is 7.67. The lowest BCUT2D eigenvalue weighted by molar-refractivity contribution is -0.157. The Kier molecular flexibility index (Phi) is 11.0. The predicted octanol–water partition coefficient (Wildman–Crippen LogP) is 6.05. The molecule has 51 heavy (non-hydrogen) atoms. The van der Waals surface area contributed by atoms with Gasteiger partial charge in [-0.3, -0.25) is 24.2 Å². The molecule has 0 radical (unpaired) electrons. The van der Waals surface area contributed by atoms with E-state index in [2.05, 4.69) is 10.6 Å². The number of carbonyl (C=O) groups excluding carboxylic acids is 5. The van der Waals surface area contributed by atoms with E-state index in [1.54, 1.807) is 98.5 Å². The smallest absolute Gasteiger partial charge is 0.344 e. The van der Waals surface area contributed by atoms with Crippen LogP contribution in [0.15, 0.2) is 109 Å². The Morgan fingerprint density at radius 1 is 0.804 bits per heavy atom. The number of hydrogen-bond acceptors (Lipinski definition) is 7. The molecule has 1 heterocycles. The maximum atomic E-state index is 14.5. The summed E-state index contributed by atoms with van der Waals surface area (Å²) < 4.78 is 10.8. The van der Waals surface area contributed by atoms with Gasteiger partial charge >= 0.3 is 12.0 Å². The van der Waals surface area contributed by atoms with Crippen LogP contribution in [0.25, 0.3) is 0 Å². The van der Waals surface area contributed by atoms with Gasteiger partial charge in [-0.1, -0.05) is 54.6 Å². The average molecular weight is 692 g/mol. The molecule has 0 spiro atoms. The van der Waals surface area contributed by atoms with E-state index in [0.29, 0.717) is 22.7 Å². The van der Waals surface area contributed by atoms with Gasteiger partial charge in [0.25, 0.3) is 11.8 Å². The highest BCUT2D eigenvalue weighted by atomic mass is 16.6. The number of hydrogen-bond donors (Lipinski definition) is 2. The van der Waals surface area contributed by atoms with Gasteiger partial charge in [0, 0.05) is 29.2 Å². The number of nitrogens with one attached hydrogen (secondary N) is 2. The largest absolute Gasteiger partial charge is 0.482 e. The van der Waals surface area contributed by atoms with Crippen LogP contribution in [0.5, 0.6) is 5.75 Å². The van der Waals surface area contributed by atoms with Crippen molar-refractivity contribution in [2.45, 2.75) is 52.3 Å². The molecule has 0 aliphatic carbocycles. The second-order valence-corrected chi connectivity index (χ2v) is 13.0. The summed E-state index contributed by atoms with van der Waals surface area (Å²) in [7, 11) is 0. The van der Waals surface area contributed by atoms with Crippen LogP contribution in [0.3, 0.4) is 0 Å². The number of ether oxygens (including phenoxy) is 2. The van der Waals surface area contributed by atoms with Crippen molar-refractivity contribution in [1.29, 1.82) is 0 Å². The van der Waals surface area contributed by atoms with Crippen molar-refractivity contribution in [2.75, 3.05) is 33.2 Å². The molecular formula is C39H41N5O7. The third kappa shape index (κ3) is 8.90. The fraction of sp³-hybridized carbons (Fsp3) is 0.256. The van der Waals surface area contributed by atoms with Crippen LogP contribution >= 0.6 is 0 Å². The molecule has 0 saturated carbocycles. The number of carbonyl (C=O) groups is 5. The summed E-state index contributed by atoms with van der Waals surface area (Å²) in [6.07, 6.45) is 0. The minimum absolute atomic E-state index is 0.247. The van der Waals surface area contributed by atoms with Gasteiger partial charge in [-0.15, -0.1) is 0 Å². The summed E-state index contributed by atoms with van der Waals surface area (Å²) in [5.74, 6) is -2.17. The summed E-state index contributed by atoms with van der Waals surface area (Å²) >= 11 is 0. The first-order chi connectivity index (χ1) is 24.3. The van der Waals surface area contributed by atoms with Crippen molar-refractivity contribution in [3.8, 4) is 5.75 Å². The Hall–Kier alpha value is -6.17. The number of nitrogens with zero attached hydrogens (tertiary/aromatic N) is 3. The van der Waals surface area contributed by atoms with Crippen LogP contribution in [0, 0.1) is 0 Å². The van der Waals surface area contributed by atoms with Crippen molar-refractivity contribution in [1.82, 2.24) is 5.32 Å². The molecule has 1 atom stereocenters. The molecule has 0 saturated heterocycles. The van der Waals surface area contributed by atoms with E-state index in [1.807, 2.05) is 44.2 Å². The number of anilines is 5. The molecule has 4 aromatic rings. The highest BCUT2D eigenvalue weighted by molar-refractivity contribution is 6.25. The SMILES string of the molecule is CC(C)N(C(=O)CN1C(=O)C(NC(=O)Nc2cccc(OCC(=O)OC(C)(C)C)c2)C(=O)N(c2ccccc2)c2ccccc21)c1ccccc1. The predicted molar refractivity (Wildman–Crippen MR) is 195 cm³/mol. The van der Waals surface area contributed by atoms with Gasteiger partial charge in [0.2, 0.25) is 5.91 Å². The van der Waals surface area contributed by atoms with Crippen LogP contribution < -0.4 is 30.1 Å². The van der Waals surface area contributed by atoms with E-state index in [9.17, 15) is 24.0 Å². The molecule has 0 bridgehead atoms. The van der Waals surface area contributed by atoms with E-state index in [1.165, 1.54) is 15.9 Å². The van der Waals surface area contributed by atoms with Gasteiger partial charge in [0.15, 0.2) is 12.6 Å². The zero-order valence-corrected chi connectivity index (χ0v) is 29.2. The molecule has 5 rings (SSSR count). The Morgan fingerprint density at radius 2 is 1.43 bits per heavy atom. The fourth-order valence-corrected chi connectivity index (χ4v) is 5.64. The molecule has 264 valence electrons. The number of amides is 5. The molecule has 4 aromatic carbocycles. The molecule has 1 unspecified atom stereocenters. The van der Waals surface area contributed by atoms with Gasteiger partial charge in [0.05, 0.1) is 11.4 Å². The molecule has 0 fully saturated rings. The highest BCUT2D eigenvalue weighted by Crippen LogP contribution is 2.38. The average Bonchev–Trinajstić information content (AvgIpc) is 3.16. The van der Waals surface area contributed by atoms with E-state index in [4.69, 9.17) is 9.47 Å². The lowest BCUT2D eigenvalue weighted by Gasteiger charge is -2.31. The molecule has 5 amide bonds. The van der Waals surface area contributed by atoms with Crippen LogP contribution in [0.4, 0.5) is 33.2 Å². The van der Waals surface area contributed by atoms with Crippen LogP contribution in [-0.2, 0) is 23.9 Å². The summed E-state index contributed by atoms with van der Waals surface area (Å²) in [6.45, 7) is 8.23. The van der Waals surface area contributed by atoms with E-state index >= 15 is 0 Å². The van der Waals surface area contributed by atoms with Gasteiger partial charge in [-0.25, -0.2) is 9.59 Å². The van der Waals surface area contributed by atoms with E-state index < -0.39 is 42.0 Å². The first kappa shape index (κ1) is 36.1. The zero-order valence-electron chi connectivity index (χ0n) is 29.2. The fourth-order valence-electron chi connectivity index (χ4n) is 5.64. The van der Waals surface area contributed by atoms with Crippen molar-refractivity contribution in [3.05, 3.63) is 109 Å². The molecular weight excluding hydrogens is 650 g/mol. The van der Waals surface area contributed by atoms with E-state index in [0.717, 1.165) is 0 Å². The molecule has 12 heteroatoms. The second kappa shape index (κ2) is 15.6. The first-order valence-corrected chi connectivity index (χ1v) is 16.5. The minimum Gasteiger partial charge on any atom is -0.482 e. The number of urea groups is 1. The zero-order chi connectivity index (χ0) is 36.7. The maximum absolute atomic E-state index is 14.5. The highest BCUT2D eigenvalue weighted by Gasteiger charge is 2.43. The molecule has 1 aliphatic rings. The van der Waals surface area contributed by atoms with Crippen molar-refractivity contribution in [3.63, 3.8) is 0 Å². The monoisotopic (exact) mass is 691 g/mol. The van der Waals surface area contributed by atoms with Crippen LogP contribution in [0.2, 0.25) is 0 Å². The number of para-hydroxylation sites is 4. The third-order valence-corrected chi connectivity index (χ3v) is 7.67. The standard InChI is InChI=1S/C39H41N5O7/c1-26(2)43(28-16-8-6-9-17-28)33(45)24-42-31-21-12-13-22-32(31)44(29-18-10-7-11-19-29)37(48)35(36(42)47)41-38(49)40-27-15-14-20-30(23-27)50-25-34(46)51-39(3,4)5/h6-23,26,35H,24-25H2,1-5H3,(H2,40,41,49). The molecule has 1 aliphatic heterocycles. The van der Waals surface area contributed by atoms with Crippen molar-refractivity contribution in [2.24, 2.45) is 0 Å². The Bertz CT molecular complexity index is 1890. The van der Waals surface area contributed by atoms with Crippen molar-refractivity contribution >= 4 is 58.2 Å². The molecule has 0 aromatic heterocycles. The quantitative estimate of drug-likeness (QED) is 0.153. The van der Waals surface area contributed by atoms with Crippen LogP contribution in [-0.4, -0.2) is 60.6 Å². The molecule has 2 N–H and O–H groups in total. The summed E-state index contributed by atoms with van der Waals surface area (Å²) in [5.41, 5.74) is 1.40. The number of rotatable bonds is 10. The summed E-state index contributed by atoms with van der Waals surface area (Å²) in [5, 5.41) is 5.19. The normalized spacial score (nSPS) is 14.4. The summed E-state index contributed by atoms with van der Waals surface area (Å²) in [6, 6.07) is 28.1.